The summed E-state index contributed by atoms with van der Waals surface area (Å²) in [7, 11) is -1.78. The Morgan fingerprint density at radius 3 is 1.93 bits per heavy atom. The van der Waals surface area contributed by atoms with E-state index in [0.717, 1.165) is 37.5 Å². The number of rotatable bonds is 8. The highest BCUT2D eigenvalue weighted by molar-refractivity contribution is 7.78. The molecule has 0 aliphatic carbocycles. The van der Waals surface area contributed by atoms with Crippen LogP contribution in [0.5, 0.6) is 0 Å². The molecule has 2 aromatic heterocycles. The molecule has 0 aliphatic rings. The van der Waals surface area contributed by atoms with Crippen LogP contribution >= 0.6 is 7.56 Å². The van der Waals surface area contributed by atoms with Gasteiger partial charge in [-0.2, -0.15) is 9.34 Å². The molecule has 27 heavy (non-hydrogen) atoms. The monoisotopic (exact) mass is 383 g/mol. The lowest BCUT2D eigenvalue weighted by Crippen LogP contribution is -2.43. The van der Waals surface area contributed by atoms with Crippen molar-refractivity contribution in [3.05, 3.63) is 54.7 Å². The largest absolute Gasteiger partial charge is 0.268 e. The number of pyridine rings is 1. The summed E-state index contributed by atoms with van der Waals surface area (Å²) in [4.78, 5) is 5.09. The van der Waals surface area contributed by atoms with Gasteiger partial charge in [0.25, 0.3) is 0 Å². The second-order valence-corrected chi connectivity index (χ2v) is 10.2. The van der Waals surface area contributed by atoms with Crippen LogP contribution in [-0.4, -0.2) is 51.6 Å². The van der Waals surface area contributed by atoms with Gasteiger partial charge in [-0.3, -0.25) is 4.40 Å². The Kier molecular flexibility index (Phi) is 6.31. The van der Waals surface area contributed by atoms with Crippen LogP contribution in [0.3, 0.4) is 0 Å². The molecule has 0 fully saturated rings. The van der Waals surface area contributed by atoms with E-state index in [9.17, 15) is 0 Å². The van der Waals surface area contributed by atoms with E-state index in [0.29, 0.717) is 0 Å². The summed E-state index contributed by atoms with van der Waals surface area (Å²) in [6.45, 7) is 15.7. The molecule has 0 amide bonds. The van der Waals surface area contributed by atoms with Crippen LogP contribution < -0.4 is 5.44 Å². The van der Waals surface area contributed by atoms with Gasteiger partial charge in [-0.1, -0.05) is 36.4 Å². The Morgan fingerprint density at radius 1 is 0.815 bits per heavy atom. The molecule has 0 saturated heterocycles. The first-order valence-corrected chi connectivity index (χ1v) is 12.2. The number of aromatic nitrogens is 2. The molecule has 0 spiro atoms. The predicted octanol–water partition coefficient (Wildman–Crippen LogP) is 4.79. The highest BCUT2D eigenvalue weighted by atomic mass is 31.2. The van der Waals surface area contributed by atoms with Gasteiger partial charge < -0.3 is 0 Å². The molecule has 4 nitrogen and oxygen atoms in total. The first kappa shape index (κ1) is 20.0. The zero-order chi connectivity index (χ0) is 19.4. The van der Waals surface area contributed by atoms with Crippen molar-refractivity contribution in [2.75, 3.05) is 32.8 Å². The standard InChI is InChI=1S/C22H32N4P/c1-6-24(7-2)27(5,25(8-3)9-4)22-21(19-15-11-10-12-16-19)23-20-17-13-14-18-26(20)22/h10-18H,6-9H2,1-5H3/q+1. The van der Waals surface area contributed by atoms with Crippen molar-refractivity contribution in [1.82, 2.24) is 18.7 Å². The molecule has 0 radical (unpaired) electrons. The summed E-state index contributed by atoms with van der Waals surface area (Å²) in [6.07, 6.45) is 2.18. The lowest BCUT2D eigenvalue weighted by atomic mass is 10.2. The first-order chi connectivity index (χ1) is 13.1. The second-order valence-electron chi connectivity index (χ2n) is 6.77. The van der Waals surface area contributed by atoms with Crippen LogP contribution in [0.1, 0.15) is 27.7 Å². The van der Waals surface area contributed by atoms with Crippen LogP contribution in [0.15, 0.2) is 54.7 Å². The van der Waals surface area contributed by atoms with E-state index >= 15 is 0 Å². The third-order valence-corrected chi connectivity index (χ3v) is 10.1. The number of hydrogen-bond acceptors (Lipinski definition) is 3. The number of benzene rings is 1. The lowest BCUT2D eigenvalue weighted by molar-refractivity contribution is 0.416. The minimum absolute atomic E-state index is 1.02. The predicted molar refractivity (Wildman–Crippen MR) is 119 cm³/mol. The van der Waals surface area contributed by atoms with Gasteiger partial charge >= 0.3 is 0 Å². The fourth-order valence-corrected chi connectivity index (χ4v) is 8.43. The number of hydrogen-bond donors (Lipinski definition) is 0. The molecule has 1 aromatic carbocycles. The Labute approximate surface area is 164 Å². The molecule has 3 aromatic rings. The molecule has 0 unspecified atom stereocenters. The SMILES string of the molecule is CCN(CC)[P+](C)(c1c(-c2ccccc2)nc2ccccn12)N(CC)CC. The van der Waals surface area contributed by atoms with E-state index in [1.807, 2.05) is 0 Å². The highest BCUT2D eigenvalue weighted by Gasteiger charge is 2.50. The van der Waals surface area contributed by atoms with Gasteiger partial charge in [0.2, 0.25) is 13.0 Å². The fourth-order valence-electron chi connectivity index (χ4n) is 4.17. The summed E-state index contributed by atoms with van der Waals surface area (Å²) >= 11 is 0. The number of imidazole rings is 1. The summed E-state index contributed by atoms with van der Waals surface area (Å²) in [6, 6.07) is 16.9. The molecule has 0 bridgehead atoms. The number of nitrogens with zero attached hydrogens (tertiary/aromatic N) is 4. The van der Waals surface area contributed by atoms with Crippen molar-refractivity contribution in [2.45, 2.75) is 27.7 Å². The Bertz CT molecular complexity index is 854. The molecule has 2 heterocycles. The van der Waals surface area contributed by atoms with Gasteiger partial charge in [-0.15, -0.1) is 0 Å². The Hall–Kier alpha value is -1.74. The average Bonchev–Trinajstić information content (AvgIpc) is 3.10. The van der Waals surface area contributed by atoms with Crippen LogP contribution in [0.25, 0.3) is 16.9 Å². The van der Waals surface area contributed by atoms with Crippen LogP contribution in [0.4, 0.5) is 0 Å². The summed E-state index contributed by atoms with van der Waals surface area (Å²) in [5, 5.41) is 0. The van der Waals surface area contributed by atoms with E-state index < -0.39 is 7.56 Å². The van der Waals surface area contributed by atoms with Crippen molar-refractivity contribution in [3.8, 4) is 11.3 Å². The van der Waals surface area contributed by atoms with E-state index in [4.69, 9.17) is 4.98 Å². The maximum Gasteiger partial charge on any atom is 0.231 e. The summed E-state index contributed by atoms with van der Waals surface area (Å²) < 4.78 is 7.64. The van der Waals surface area contributed by atoms with Gasteiger partial charge in [0.05, 0.1) is 6.66 Å². The molecular formula is C22H32N4P+. The maximum atomic E-state index is 5.09. The normalized spacial score (nSPS) is 12.4. The van der Waals surface area contributed by atoms with E-state index in [1.54, 1.807) is 0 Å². The van der Waals surface area contributed by atoms with Crippen molar-refractivity contribution >= 4 is 18.6 Å². The van der Waals surface area contributed by atoms with E-state index in [-0.39, 0.29) is 0 Å². The highest BCUT2D eigenvalue weighted by Crippen LogP contribution is 2.61. The molecule has 3 rings (SSSR count). The Morgan fingerprint density at radius 2 is 1.37 bits per heavy atom. The zero-order valence-corrected chi connectivity index (χ0v) is 18.2. The third kappa shape index (κ3) is 3.42. The van der Waals surface area contributed by atoms with Crippen LogP contribution in [0.2, 0.25) is 0 Å². The van der Waals surface area contributed by atoms with E-state index in [2.05, 4.69) is 103 Å². The zero-order valence-electron chi connectivity index (χ0n) is 17.3. The molecular weight excluding hydrogens is 351 g/mol. The lowest BCUT2D eigenvalue weighted by Gasteiger charge is -2.39. The van der Waals surface area contributed by atoms with Crippen molar-refractivity contribution < 1.29 is 0 Å². The molecule has 0 saturated carbocycles. The van der Waals surface area contributed by atoms with Crippen molar-refractivity contribution in [2.24, 2.45) is 0 Å². The smallest absolute Gasteiger partial charge is 0.231 e. The number of fused-ring (bicyclic) bond motifs is 1. The van der Waals surface area contributed by atoms with Crippen molar-refractivity contribution in [1.29, 1.82) is 0 Å². The molecule has 144 valence electrons. The summed E-state index contributed by atoms with van der Waals surface area (Å²) in [5.41, 5.74) is 4.70. The fraction of sp³-hybridized carbons (Fsp3) is 0.409. The summed E-state index contributed by atoms with van der Waals surface area (Å²) in [5.74, 6) is 0. The van der Waals surface area contributed by atoms with E-state index in [1.165, 1.54) is 11.0 Å². The topological polar surface area (TPSA) is 23.8 Å². The van der Waals surface area contributed by atoms with Crippen LogP contribution in [-0.2, 0) is 0 Å². The van der Waals surface area contributed by atoms with Crippen LogP contribution in [0, 0.1) is 0 Å². The molecule has 0 aliphatic heterocycles. The minimum Gasteiger partial charge on any atom is -0.268 e. The van der Waals surface area contributed by atoms with Gasteiger partial charge in [0.1, 0.15) is 11.3 Å². The van der Waals surface area contributed by atoms with Gasteiger partial charge in [0, 0.05) is 37.9 Å². The second kappa shape index (κ2) is 8.52. The van der Waals surface area contributed by atoms with Crippen molar-refractivity contribution in [3.63, 3.8) is 0 Å². The van der Waals surface area contributed by atoms with Gasteiger partial charge in [-0.05, 0) is 39.8 Å². The minimum atomic E-state index is -1.78. The van der Waals surface area contributed by atoms with Gasteiger partial charge in [0.15, 0.2) is 0 Å². The maximum absolute atomic E-state index is 5.09. The first-order valence-electron chi connectivity index (χ1n) is 10.0. The molecule has 5 heteroatoms. The van der Waals surface area contributed by atoms with Gasteiger partial charge in [-0.25, -0.2) is 4.98 Å². The third-order valence-electron chi connectivity index (χ3n) is 5.51. The Balaban J connectivity index is 2.37. The molecule has 0 atom stereocenters. The molecule has 0 N–H and O–H groups in total. The quantitative estimate of drug-likeness (QED) is 0.523. The average molecular weight is 384 g/mol.